The number of anilines is 1. The molecule has 1 aromatic rings. The third-order valence-corrected chi connectivity index (χ3v) is 5.12. The molecule has 2 unspecified atom stereocenters. The van der Waals surface area contributed by atoms with E-state index in [4.69, 9.17) is 4.74 Å². The SMILES string of the molecule is CC1OCCC1(O)CNc1cnn(CC2CC2)c(=O)c1Br. The van der Waals surface area contributed by atoms with Crippen molar-refractivity contribution in [2.45, 2.75) is 44.4 Å². The Balaban J connectivity index is 1.70. The number of aliphatic hydroxyl groups is 1. The van der Waals surface area contributed by atoms with Gasteiger partial charge in [0.25, 0.3) is 5.56 Å². The smallest absolute Gasteiger partial charge is 0.283 e. The maximum atomic E-state index is 12.2. The molecule has 7 heteroatoms. The third-order valence-electron chi connectivity index (χ3n) is 4.36. The topological polar surface area (TPSA) is 76.4 Å². The second kappa shape index (κ2) is 5.70. The number of hydrogen-bond acceptors (Lipinski definition) is 5. The molecule has 6 nitrogen and oxygen atoms in total. The summed E-state index contributed by atoms with van der Waals surface area (Å²) < 4.78 is 7.37. The van der Waals surface area contributed by atoms with Gasteiger partial charge in [0.2, 0.25) is 0 Å². The van der Waals surface area contributed by atoms with E-state index in [9.17, 15) is 9.90 Å². The van der Waals surface area contributed by atoms with Gasteiger partial charge in [-0.2, -0.15) is 5.10 Å². The van der Waals surface area contributed by atoms with Crippen LogP contribution in [0, 0.1) is 5.92 Å². The van der Waals surface area contributed by atoms with Crippen LogP contribution in [0.5, 0.6) is 0 Å². The summed E-state index contributed by atoms with van der Waals surface area (Å²) in [6.07, 6.45) is 4.36. The van der Waals surface area contributed by atoms with Crippen LogP contribution < -0.4 is 10.9 Å². The molecule has 2 aliphatic rings. The van der Waals surface area contributed by atoms with Gasteiger partial charge >= 0.3 is 0 Å². The molecule has 1 saturated carbocycles. The van der Waals surface area contributed by atoms with Crippen molar-refractivity contribution >= 4 is 21.6 Å². The van der Waals surface area contributed by atoms with E-state index in [-0.39, 0.29) is 11.7 Å². The molecule has 0 aromatic carbocycles. The monoisotopic (exact) mass is 357 g/mol. The van der Waals surface area contributed by atoms with Crippen LogP contribution in [0.2, 0.25) is 0 Å². The van der Waals surface area contributed by atoms with Crippen molar-refractivity contribution in [3.05, 3.63) is 21.0 Å². The maximum Gasteiger partial charge on any atom is 0.283 e. The Morgan fingerprint density at radius 1 is 1.62 bits per heavy atom. The summed E-state index contributed by atoms with van der Waals surface area (Å²) in [4.78, 5) is 12.2. The number of halogens is 1. The molecule has 2 N–H and O–H groups in total. The molecule has 3 rings (SSSR count). The van der Waals surface area contributed by atoms with Crippen LogP contribution in [0.15, 0.2) is 15.5 Å². The van der Waals surface area contributed by atoms with Gasteiger partial charge in [0, 0.05) is 26.1 Å². The van der Waals surface area contributed by atoms with E-state index in [2.05, 4.69) is 26.3 Å². The van der Waals surface area contributed by atoms with Crippen molar-refractivity contribution in [2.24, 2.45) is 5.92 Å². The van der Waals surface area contributed by atoms with Crippen molar-refractivity contribution in [2.75, 3.05) is 18.5 Å². The molecule has 1 aliphatic heterocycles. The molecular weight excluding hydrogens is 338 g/mol. The van der Waals surface area contributed by atoms with Crippen LogP contribution in [-0.2, 0) is 11.3 Å². The van der Waals surface area contributed by atoms with E-state index in [1.54, 1.807) is 6.20 Å². The molecule has 2 fully saturated rings. The Bertz CT molecular complexity index is 587. The Kier molecular flexibility index (Phi) is 4.07. The van der Waals surface area contributed by atoms with Gasteiger partial charge in [-0.1, -0.05) is 0 Å². The van der Waals surface area contributed by atoms with Gasteiger partial charge in [0.15, 0.2) is 0 Å². The highest BCUT2D eigenvalue weighted by Gasteiger charge is 2.39. The quantitative estimate of drug-likeness (QED) is 0.832. The van der Waals surface area contributed by atoms with Crippen molar-refractivity contribution in [1.29, 1.82) is 0 Å². The van der Waals surface area contributed by atoms with Crippen molar-refractivity contribution in [1.82, 2.24) is 9.78 Å². The normalized spacial score (nSPS) is 28.8. The molecule has 1 aromatic heterocycles. The van der Waals surface area contributed by atoms with Crippen LogP contribution in [-0.4, -0.2) is 39.7 Å². The van der Waals surface area contributed by atoms with E-state index in [0.29, 0.717) is 42.2 Å². The zero-order valence-electron chi connectivity index (χ0n) is 12.0. The number of ether oxygens (including phenoxy) is 1. The molecule has 0 radical (unpaired) electrons. The molecule has 1 saturated heterocycles. The van der Waals surface area contributed by atoms with E-state index in [1.807, 2.05) is 6.92 Å². The van der Waals surface area contributed by atoms with Crippen molar-refractivity contribution < 1.29 is 9.84 Å². The summed E-state index contributed by atoms with van der Waals surface area (Å²) in [6.45, 7) is 3.43. The molecule has 21 heavy (non-hydrogen) atoms. The van der Waals surface area contributed by atoms with E-state index in [0.717, 1.165) is 0 Å². The Hall–Kier alpha value is -0.920. The summed E-state index contributed by atoms with van der Waals surface area (Å²) in [5, 5.41) is 17.8. The molecule has 2 atom stereocenters. The average Bonchev–Trinajstić information content (AvgIpc) is 3.21. The zero-order chi connectivity index (χ0) is 15.0. The first-order valence-electron chi connectivity index (χ1n) is 7.33. The van der Waals surface area contributed by atoms with Gasteiger partial charge in [-0.05, 0) is 41.6 Å². The number of rotatable bonds is 5. The highest BCUT2D eigenvalue weighted by Crippen LogP contribution is 2.30. The number of nitrogens with one attached hydrogen (secondary N) is 1. The minimum atomic E-state index is -0.900. The fourth-order valence-corrected chi connectivity index (χ4v) is 2.96. The highest BCUT2D eigenvalue weighted by atomic mass is 79.9. The maximum absolute atomic E-state index is 12.2. The molecule has 116 valence electrons. The first kappa shape index (κ1) is 15.0. The Morgan fingerprint density at radius 2 is 2.38 bits per heavy atom. The standard InChI is InChI=1S/C14H20BrN3O3/c1-9-14(20,4-5-21-9)8-16-11-6-17-18(7-10-2-3-10)13(19)12(11)15/h6,9-10,16,20H,2-5,7-8H2,1H3. The molecule has 1 aliphatic carbocycles. The zero-order valence-corrected chi connectivity index (χ0v) is 13.6. The minimum Gasteiger partial charge on any atom is -0.385 e. The second-order valence-corrected chi connectivity index (χ2v) is 6.82. The van der Waals surface area contributed by atoms with Gasteiger partial charge in [-0.3, -0.25) is 4.79 Å². The van der Waals surface area contributed by atoms with Crippen molar-refractivity contribution in [3.63, 3.8) is 0 Å². The summed E-state index contributed by atoms with van der Waals surface area (Å²) in [5.41, 5.74) is -0.420. The minimum absolute atomic E-state index is 0.130. The predicted octanol–water partition coefficient (Wildman–Crippen LogP) is 1.37. The van der Waals surface area contributed by atoms with E-state index in [1.165, 1.54) is 17.5 Å². The van der Waals surface area contributed by atoms with E-state index >= 15 is 0 Å². The molecule has 0 amide bonds. The first-order chi connectivity index (χ1) is 9.99. The van der Waals surface area contributed by atoms with Gasteiger partial charge in [0.05, 0.1) is 18.0 Å². The number of aromatic nitrogens is 2. The van der Waals surface area contributed by atoms with Crippen LogP contribution >= 0.6 is 15.9 Å². The highest BCUT2D eigenvalue weighted by molar-refractivity contribution is 9.10. The van der Waals surface area contributed by atoms with E-state index < -0.39 is 5.60 Å². The van der Waals surface area contributed by atoms with Crippen LogP contribution in [0.3, 0.4) is 0 Å². The fraction of sp³-hybridized carbons (Fsp3) is 0.714. The lowest BCUT2D eigenvalue weighted by Crippen LogP contribution is -2.43. The van der Waals surface area contributed by atoms with Crippen LogP contribution in [0.1, 0.15) is 26.2 Å². The van der Waals surface area contributed by atoms with Gasteiger partial charge in [-0.25, -0.2) is 4.68 Å². The summed E-state index contributed by atoms with van der Waals surface area (Å²) in [7, 11) is 0. The summed E-state index contributed by atoms with van der Waals surface area (Å²) in [5.74, 6) is 0.595. The Morgan fingerprint density at radius 3 is 3.00 bits per heavy atom. The van der Waals surface area contributed by atoms with Crippen LogP contribution in [0.4, 0.5) is 5.69 Å². The Labute approximate surface area is 131 Å². The van der Waals surface area contributed by atoms with Crippen molar-refractivity contribution in [3.8, 4) is 0 Å². The number of nitrogens with zero attached hydrogens (tertiary/aromatic N) is 2. The largest absolute Gasteiger partial charge is 0.385 e. The molecular formula is C14H20BrN3O3. The third kappa shape index (κ3) is 3.14. The predicted molar refractivity (Wildman–Crippen MR) is 82.4 cm³/mol. The summed E-state index contributed by atoms with van der Waals surface area (Å²) in [6, 6.07) is 0. The van der Waals surface area contributed by atoms with Crippen LogP contribution in [0.25, 0.3) is 0 Å². The molecule has 0 bridgehead atoms. The van der Waals surface area contributed by atoms with Gasteiger partial charge in [0.1, 0.15) is 10.1 Å². The molecule has 0 spiro atoms. The molecule has 2 heterocycles. The first-order valence-corrected chi connectivity index (χ1v) is 8.12. The summed E-state index contributed by atoms with van der Waals surface area (Å²) >= 11 is 3.33. The second-order valence-electron chi connectivity index (χ2n) is 6.02. The van der Waals surface area contributed by atoms with Gasteiger partial charge in [-0.15, -0.1) is 0 Å². The number of hydrogen-bond donors (Lipinski definition) is 2. The fourth-order valence-electron chi connectivity index (χ4n) is 2.51. The van der Waals surface area contributed by atoms with Gasteiger partial charge < -0.3 is 15.2 Å². The average molecular weight is 358 g/mol. The lowest BCUT2D eigenvalue weighted by atomic mass is 9.97. The lowest BCUT2D eigenvalue weighted by Gasteiger charge is -2.26. The lowest BCUT2D eigenvalue weighted by molar-refractivity contribution is -0.0176.